The van der Waals surface area contributed by atoms with Crippen LogP contribution in [0.2, 0.25) is 0 Å². The molecule has 3 aromatic rings. The highest BCUT2D eigenvalue weighted by Crippen LogP contribution is 2.27. The zero-order chi connectivity index (χ0) is 23.0. The summed E-state index contributed by atoms with van der Waals surface area (Å²) in [5.74, 6) is -1.07. The summed E-state index contributed by atoms with van der Waals surface area (Å²) in [5.41, 5.74) is 7.66. The third-order valence-electron chi connectivity index (χ3n) is 5.00. The van der Waals surface area contributed by atoms with Gasteiger partial charge in [0.05, 0.1) is 12.4 Å². The third-order valence-corrected chi connectivity index (χ3v) is 7.12. The maximum Gasteiger partial charge on any atom is 0.342 e. The van der Waals surface area contributed by atoms with Crippen molar-refractivity contribution in [1.82, 2.24) is 14.8 Å². The van der Waals surface area contributed by atoms with Crippen LogP contribution in [0.4, 0.5) is 4.39 Å². The number of hydrogen-bond donors (Lipinski definition) is 1. The van der Waals surface area contributed by atoms with Crippen molar-refractivity contribution in [2.45, 2.75) is 42.2 Å². The van der Waals surface area contributed by atoms with Gasteiger partial charge in [-0.05, 0) is 55.2 Å². The number of nitrogens with zero attached hydrogens (tertiary/aromatic N) is 3. The number of benzene rings is 1. The summed E-state index contributed by atoms with van der Waals surface area (Å²) in [4.78, 5) is 14.5. The highest BCUT2D eigenvalue weighted by atomic mass is 32.2. The Balaban J connectivity index is 1.76. The van der Waals surface area contributed by atoms with E-state index in [-0.39, 0.29) is 30.9 Å². The van der Waals surface area contributed by atoms with Gasteiger partial charge in [0.1, 0.15) is 6.61 Å². The number of pyridine rings is 1. The van der Waals surface area contributed by atoms with E-state index in [0.29, 0.717) is 12.0 Å². The van der Waals surface area contributed by atoms with Gasteiger partial charge < -0.3 is 10.5 Å². The minimum Gasteiger partial charge on any atom is -0.459 e. The van der Waals surface area contributed by atoms with E-state index in [1.54, 1.807) is 53.5 Å². The SMILES string of the molecule is NC(CCCCCF)(C(=O)OCc1ccc(-n2cccn2)cc1)S(=O)(=O)c1ccccn1. The Hall–Kier alpha value is -3.11. The van der Waals surface area contributed by atoms with Crippen LogP contribution < -0.4 is 5.73 Å². The van der Waals surface area contributed by atoms with Crippen LogP contribution in [0.25, 0.3) is 5.69 Å². The van der Waals surface area contributed by atoms with Crippen LogP contribution in [0.5, 0.6) is 0 Å². The Kier molecular flexibility index (Phi) is 7.70. The first-order valence-corrected chi connectivity index (χ1v) is 11.6. The molecule has 0 fully saturated rings. The Morgan fingerprint density at radius 2 is 1.84 bits per heavy atom. The lowest BCUT2D eigenvalue weighted by Gasteiger charge is -2.26. The fourth-order valence-electron chi connectivity index (χ4n) is 3.14. The molecule has 8 nitrogen and oxygen atoms in total. The third kappa shape index (κ3) is 5.20. The number of unbranched alkanes of at least 4 members (excludes halogenated alkanes) is 2. The monoisotopic (exact) mass is 460 g/mol. The van der Waals surface area contributed by atoms with Crippen molar-refractivity contribution < 1.29 is 22.3 Å². The molecule has 1 atom stereocenters. The van der Waals surface area contributed by atoms with Crippen molar-refractivity contribution in [3.05, 3.63) is 72.7 Å². The molecule has 3 rings (SSSR count). The molecule has 0 bridgehead atoms. The maximum atomic E-state index is 13.2. The lowest BCUT2D eigenvalue weighted by Crippen LogP contribution is -2.55. The molecular weight excluding hydrogens is 435 g/mol. The molecule has 2 aromatic heterocycles. The molecule has 2 heterocycles. The smallest absolute Gasteiger partial charge is 0.342 e. The number of ether oxygens (including phenoxy) is 1. The Morgan fingerprint density at radius 3 is 2.47 bits per heavy atom. The largest absolute Gasteiger partial charge is 0.459 e. The van der Waals surface area contributed by atoms with E-state index in [9.17, 15) is 17.6 Å². The van der Waals surface area contributed by atoms with Crippen molar-refractivity contribution in [2.75, 3.05) is 6.67 Å². The first-order valence-electron chi connectivity index (χ1n) is 10.2. The van der Waals surface area contributed by atoms with E-state index in [0.717, 1.165) is 5.69 Å². The molecule has 2 N–H and O–H groups in total. The standard InChI is InChI=1S/C22H25FN4O4S/c23-13-4-1-3-12-22(24,32(29,30)20-7-2-5-14-25-20)21(28)31-17-18-8-10-19(11-9-18)27-16-6-15-26-27/h2,5-11,14-16H,1,3-4,12-13,17,24H2. The molecule has 0 aliphatic carbocycles. The Morgan fingerprint density at radius 1 is 1.06 bits per heavy atom. The number of aromatic nitrogens is 3. The molecule has 32 heavy (non-hydrogen) atoms. The molecule has 0 amide bonds. The minimum absolute atomic E-state index is 0.153. The summed E-state index contributed by atoms with van der Waals surface area (Å²) >= 11 is 0. The van der Waals surface area contributed by atoms with Gasteiger partial charge in [-0.1, -0.05) is 24.6 Å². The number of carbonyl (C=O) groups excluding carboxylic acids is 1. The van der Waals surface area contributed by atoms with Gasteiger partial charge in [0, 0.05) is 18.6 Å². The minimum atomic E-state index is -4.34. The predicted octanol–water partition coefficient (Wildman–Crippen LogP) is 2.97. The van der Waals surface area contributed by atoms with Crippen molar-refractivity contribution in [1.29, 1.82) is 0 Å². The second-order valence-corrected chi connectivity index (χ2v) is 9.41. The average Bonchev–Trinajstić information content (AvgIpc) is 3.36. The number of hydrogen-bond acceptors (Lipinski definition) is 7. The number of carbonyl (C=O) groups is 1. The molecular formula is C22H25FN4O4S. The molecule has 0 saturated heterocycles. The second kappa shape index (κ2) is 10.5. The van der Waals surface area contributed by atoms with E-state index in [4.69, 9.17) is 10.5 Å². The lowest BCUT2D eigenvalue weighted by molar-refractivity contribution is -0.148. The highest BCUT2D eigenvalue weighted by Gasteiger charge is 2.49. The average molecular weight is 461 g/mol. The summed E-state index contributed by atoms with van der Waals surface area (Å²) in [6.07, 6.45) is 5.47. The lowest BCUT2D eigenvalue weighted by atomic mass is 10.1. The molecule has 10 heteroatoms. The van der Waals surface area contributed by atoms with Crippen LogP contribution in [-0.4, -0.2) is 40.7 Å². The summed E-state index contributed by atoms with van der Waals surface area (Å²) in [6.45, 7) is -0.678. The Labute approximate surface area is 186 Å². The van der Waals surface area contributed by atoms with Gasteiger partial charge in [0.25, 0.3) is 0 Å². The van der Waals surface area contributed by atoms with Gasteiger partial charge in [0.2, 0.25) is 14.7 Å². The van der Waals surface area contributed by atoms with Gasteiger partial charge >= 0.3 is 5.97 Å². The van der Waals surface area contributed by atoms with Crippen molar-refractivity contribution >= 4 is 15.8 Å². The fraction of sp³-hybridized carbons (Fsp3) is 0.318. The Bertz CT molecular complexity index is 1110. The van der Waals surface area contributed by atoms with Gasteiger partial charge in [-0.3, -0.25) is 4.39 Å². The first kappa shape index (κ1) is 23.6. The molecule has 0 aliphatic rings. The summed E-state index contributed by atoms with van der Waals surface area (Å²) < 4.78 is 45.8. The maximum absolute atomic E-state index is 13.2. The van der Waals surface area contributed by atoms with E-state index in [2.05, 4.69) is 10.1 Å². The predicted molar refractivity (Wildman–Crippen MR) is 116 cm³/mol. The van der Waals surface area contributed by atoms with Crippen LogP contribution in [-0.2, 0) is 26.0 Å². The molecule has 0 spiro atoms. The molecule has 0 aliphatic heterocycles. The molecule has 170 valence electrons. The fourth-order valence-corrected chi connectivity index (χ4v) is 4.66. The number of halogens is 1. The second-order valence-electron chi connectivity index (χ2n) is 7.25. The van der Waals surface area contributed by atoms with Gasteiger partial charge in [-0.15, -0.1) is 0 Å². The summed E-state index contributed by atoms with van der Waals surface area (Å²) in [5, 5.41) is 3.83. The van der Waals surface area contributed by atoms with Crippen LogP contribution in [0, 0.1) is 0 Å². The van der Waals surface area contributed by atoms with E-state index >= 15 is 0 Å². The van der Waals surface area contributed by atoms with Crippen LogP contribution in [0.15, 0.2) is 72.1 Å². The van der Waals surface area contributed by atoms with Crippen LogP contribution in [0.3, 0.4) is 0 Å². The normalized spacial score (nSPS) is 13.4. The van der Waals surface area contributed by atoms with E-state index in [1.165, 1.54) is 18.3 Å². The van der Waals surface area contributed by atoms with E-state index < -0.39 is 27.4 Å². The van der Waals surface area contributed by atoms with Crippen molar-refractivity contribution in [3.63, 3.8) is 0 Å². The molecule has 0 saturated carbocycles. The molecule has 1 unspecified atom stereocenters. The number of esters is 1. The number of sulfone groups is 1. The van der Waals surface area contributed by atoms with Crippen LogP contribution >= 0.6 is 0 Å². The van der Waals surface area contributed by atoms with Gasteiger partial charge in [-0.2, -0.15) is 5.10 Å². The quantitative estimate of drug-likeness (QED) is 0.345. The van der Waals surface area contributed by atoms with Crippen molar-refractivity contribution in [3.8, 4) is 5.69 Å². The molecule has 0 radical (unpaired) electrons. The van der Waals surface area contributed by atoms with Crippen LogP contribution in [0.1, 0.15) is 31.2 Å². The summed E-state index contributed by atoms with van der Waals surface area (Å²) in [6, 6.07) is 13.2. The zero-order valence-electron chi connectivity index (χ0n) is 17.4. The van der Waals surface area contributed by atoms with Crippen molar-refractivity contribution in [2.24, 2.45) is 5.73 Å². The number of rotatable bonds is 11. The summed E-state index contributed by atoms with van der Waals surface area (Å²) in [7, 11) is -4.34. The number of alkyl halides is 1. The highest BCUT2D eigenvalue weighted by molar-refractivity contribution is 7.93. The molecule has 1 aromatic carbocycles. The first-order chi connectivity index (χ1) is 15.4. The van der Waals surface area contributed by atoms with Gasteiger partial charge in [-0.25, -0.2) is 22.9 Å². The van der Waals surface area contributed by atoms with E-state index in [1.807, 2.05) is 0 Å². The number of nitrogens with two attached hydrogens (primary N) is 1. The zero-order valence-corrected chi connectivity index (χ0v) is 18.2. The van der Waals surface area contributed by atoms with Gasteiger partial charge in [0.15, 0.2) is 5.03 Å². The topological polar surface area (TPSA) is 117 Å².